The summed E-state index contributed by atoms with van der Waals surface area (Å²) in [6.45, 7) is 10.7. The first-order valence-corrected chi connectivity index (χ1v) is 7.91. The molecule has 0 saturated carbocycles. The number of nitrogens with zero attached hydrogens (tertiary/aromatic N) is 1. The van der Waals surface area contributed by atoms with Gasteiger partial charge in [0.1, 0.15) is 0 Å². The molecule has 1 amide bonds. The van der Waals surface area contributed by atoms with Crippen molar-refractivity contribution in [3.05, 3.63) is 0 Å². The monoisotopic (exact) mass is 268 g/mol. The van der Waals surface area contributed by atoms with Gasteiger partial charge < -0.3 is 10.2 Å². The van der Waals surface area contributed by atoms with Crippen LogP contribution in [-0.4, -0.2) is 37.0 Å². The molecule has 0 aliphatic carbocycles. The summed E-state index contributed by atoms with van der Waals surface area (Å²) in [6, 6.07) is 0.336. The van der Waals surface area contributed by atoms with Gasteiger partial charge in [-0.2, -0.15) is 0 Å². The third-order valence-electron chi connectivity index (χ3n) is 4.45. The Kier molecular flexibility index (Phi) is 6.31. The fourth-order valence-electron chi connectivity index (χ4n) is 3.36. The Morgan fingerprint density at radius 2 is 2.05 bits per heavy atom. The Balaban J connectivity index is 2.75. The molecule has 3 heteroatoms. The van der Waals surface area contributed by atoms with E-state index in [0.29, 0.717) is 17.9 Å². The average molecular weight is 268 g/mol. The van der Waals surface area contributed by atoms with Crippen molar-refractivity contribution in [3.63, 3.8) is 0 Å². The van der Waals surface area contributed by atoms with Gasteiger partial charge in [0.25, 0.3) is 0 Å². The third kappa shape index (κ3) is 4.20. The SMILES string of the molecule is CCCC1(C(=O)N(C)C(C)CC(C)C)CCCNC1. The Labute approximate surface area is 119 Å². The highest BCUT2D eigenvalue weighted by atomic mass is 16.2. The lowest BCUT2D eigenvalue weighted by Crippen LogP contribution is -2.53. The van der Waals surface area contributed by atoms with Crippen molar-refractivity contribution < 1.29 is 4.79 Å². The number of piperidine rings is 1. The van der Waals surface area contributed by atoms with E-state index in [1.165, 1.54) is 0 Å². The summed E-state index contributed by atoms with van der Waals surface area (Å²) >= 11 is 0. The van der Waals surface area contributed by atoms with Crippen LogP contribution in [0.4, 0.5) is 0 Å². The summed E-state index contributed by atoms with van der Waals surface area (Å²) in [5.74, 6) is 0.992. The Bertz CT molecular complexity index is 277. The zero-order valence-electron chi connectivity index (χ0n) is 13.5. The van der Waals surface area contributed by atoms with Crippen LogP contribution in [0.3, 0.4) is 0 Å². The number of rotatable bonds is 6. The van der Waals surface area contributed by atoms with E-state index in [1.54, 1.807) is 0 Å². The normalized spacial score (nSPS) is 25.4. The molecule has 3 nitrogen and oxygen atoms in total. The number of hydrogen-bond donors (Lipinski definition) is 1. The molecule has 1 fully saturated rings. The zero-order chi connectivity index (χ0) is 14.5. The van der Waals surface area contributed by atoms with Gasteiger partial charge in [-0.05, 0) is 45.1 Å². The minimum atomic E-state index is -0.146. The molecule has 0 radical (unpaired) electrons. The summed E-state index contributed by atoms with van der Waals surface area (Å²) in [5, 5.41) is 3.43. The van der Waals surface area contributed by atoms with Crippen molar-refractivity contribution >= 4 is 5.91 Å². The van der Waals surface area contributed by atoms with Gasteiger partial charge in [-0.3, -0.25) is 4.79 Å². The molecule has 1 N–H and O–H groups in total. The lowest BCUT2D eigenvalue weighted by Gasteiger charge is -2.41. The van der Waals surface area contributed by atoms with Crippen LogP contribution in [0.15, 0.2) is 0 Å². The largest absolute Gasteiger partial charge is 0.343 e. The molecule has 0 spiro atoms. The Morgan fingerprint density at radius 3 is 2.53 bits per heavy atom. The molecule has 19 heavy (non-hydrogen) atoms. The first kappa shape index (κ1) is 16.5. The summed E-state index contributed by atoms with van der Waals surface area (Å²) in [7, 11) is 1.99. The highest BCUT2D eigenvalue weighted by Gasteiger charge is 2.41. The van der Waals surface area contributed by atoms with Crippen molar-refractivity contribution in [3.8, 4) is 0 Å². The van der Waals surface area contributed by atoms with Gasteiger partial charge >= 0.3 is 0 Å². The van der Waals surface area contributed by atoms with Gasteiger partial charge in [-0.1, -0.05) is 27.2 Å². The van der Waals surface area contributed by atoms with Crippen LogP contribution in [0.1, 0.15) is 59.8 Å². The third-order valence-corrected chi connectivity index (χ3v) is 4.45. The maximum absolute atomic E-state index is 12.9. The van der Waals surface area contributed by atoms with Crippen LogP contribution < -0.4 is 5.32 Å². The van der Waals surface area contributed by atoms with Crippen LogP contribution in [-0.2, 0) is 4.79 Å². The van der Waals surface area contributed by atoms with Gasteiger partial charge in [0.05, 0.1) is 5.41 Å². The number of hydrogen-bond acceptors (Lipinski definition) is 2. The first-order valence-electron chi connectivity index (χ1n) is 7.91. The standard InChI is InChI=1S/C16H32N2O/c1-6-8-16(9-7-10-17-12-16)15(19)18(5)14(4)11-13(2)3/h13-14,17H,6-12H2,1-5H3. The van der Waals surface area contributed by atoms with Crippen LogP contribution in [0, 0.1) is 11.3 Å². The van der Waals surface area contributed by atoms with E-state index >= 15 is 0 Å². The highest BCUT2D eigenvalue weighted by Crippen LogP contribution is 2.34. The van der Waals surface area contributed by atoms with Crippen molar-refractivity contribution in [2.45, 2.75) is 65.8 Å². The molecule has 2 atom stereocenters. The van der Waals surface area contributed by atoms with Crippen LogP contribution in [0.25, 0.3) is 0 Å². The molecule has 2 unspecified atom stereocenters. The molecule has 1 heterocycles. The molecular weight excluding hydrogens is 236 g/mol. The quantitative estimate of drug-likeness (QED) is 0.803. The maximum atomic E-state index is 12.9. The van der Waals surface area contributed by atoms with E-state index in [9.17, 15) is 4.79 Å². The maximum Gasteiger partial charge on any atom is 0.230 e. The predicted molar refractivity (Wildman–Crippen MR) is 81.1 cm³/mol. The van der Waals surface area contributed by atoms with Crippen LogP contribution in [0.5, 0.6) is 0 Å². The second kappa shape index (κ2) is 7.28. The van der Waals surface area contributed by atoms with Gasteiger partial charge in [0, 0.05) is 19.6 Å². The van der Waals surface area contributed by atoms with Crippen molar-refractivity contribution in [1.82, 2.24) is 10.2 Å². The average Bonchev–Trinajstić information content (AvgIpc) is 2.37. The Hall–Kier alpha value is -0.570. The van der Waals surface area contributed by atoms with Crippen LogP contribution >= 0.6 is 0 Å². The van der Waals surface area contributed by atoms with E-state index in [2.05, 4.69) is 33.0 Å². The summed E-state index contributed by atoms with van der Waals surface area (Å²) in [5.41, 5.74) is -0.146. The molecule has 0 aromatic heterocycles. The van der Waals surface area contributed by atoms with Crippen molar-refractivity contribution in [2.75, 3.05) is 20.1 Å². The van der Waals surface area contributed by atoms with E-state index in [-0.39, 0.29) is 5.41 Å². The lowest BCUT2D eigenvalue weighted by atomic mass is 9.75. The fraction of sp³-hybridized carbons (Fsp3) is 0.938. The van der Waals surface area contributed by atoms with E-state index in [0.717, 1.165) is 45.2 Å². The Morgan fingerprint density at radius 1 is 1.37 bits per heavy atom. The minimum Gasteiger partial charge on any atom is -0.343 e. The van der Waals surface area contributed by atoms with Crippen molar-refractivity contribution in [2.24, 2.45) is 11.3 Å². The van der Waals surface area contributed by atoms with E-state index < -0.39 is 0 Å². The summed E-state index contributed by atoms with van der Waals surface area (Å²) in [4.78, 5) is 14.9. The summed E-state index contributed by atoms with van der Waals surface area (Å²) in [6.07, 6.45) is 5.35. The molecule has 1 aliphatic rings. The first-order chi connectivity index (χ1) is 8.93. The van der Waals surface area contributed by atoms with Crippen molar-refractivity contribution in [1.29, 1.82) is 0 Å². The van der Waals surface area contributed by atoms with E-state index in [4.69, 9.17) is 0 Å². The summed E-state index contributed by atoms with van der Waals surface area (Å²) < 4.78 is 0. The molecule has 1 saturated heterocycles. The van der Waals surface area contributed by atoms with E-state index in [1.807, 2.05) is 11.9 Å². The molecular formula is C16H32N2O. The van der Waals surface area contributed by atoms with Gasteiger partial charge in [-0.25, -0.2) is 0 Å². The topological polar surface area (TPSA) is 32.3 Å². The van der Waals surface area contributed by atoms with Crippen LogP contribution in [0.2, 0.25) is 0 Å². The molecule has 0 aromatic carbocycles. The number of nitrogens with one attached hydrogen (secondary N) is 1. The number of amides is 1. The van der Waals surface area contributed by atoms with Gasteiger partial charge in [0.15, 0.2) is 0 Å². The molecule has 1 aliphatic heterocycles. The number of carbonyl (C=O) groups excluding carboxylic acids is 1. The highest BCUT2D eigenvalue weighted by molar-refractivity contribution is 5.83. The number of carbonyl (C=O) groups is 1. The molecule has 0 aromatic rings. The minimum absolute atomic E-state index is 0.146. The second-order valence-corrected chi connectivity index (χ2v) is 6.71. The van der Waals surface area contributed by atoms with Gasteiger partial charge in [0.2, 0.25) is 5.91 Å². The molecule has 1 rings (SSSR count). The molecule has 0 bridgehead atoms. The lowest BCUT2D eigenvalue weighted by molar-refractivity contribution is -0.144. The van der Waals surface area contributed by atoms with Gasteiger partial charge in [-0.15, -0.1) is 0 Å². The molecule has 112 valence electrons. The smallest absolute Gasteiger partial charge is 0.230 e. The fourth-order valence-corrected chi connectivity index (χ4v) is 3.36. The second-order valence-electron chi connectivity index (χ2n) is 6.71. The predicted octanol–water partition coefficient (Wildman–Crippen LogP) is 3.05. The zero-order valence-corrected chi connectivity index (χ0v) is 13.5.